The van der Waals surface area contributed by atoms with Crippen LogP contribution in [0, 0.1) is 0 Å². The number of likely N-dealkylation sites (N-methyl/N-ethyl adjacent to an activating group) is 1. The number of anilines is 1. The third-order valence-electron chi connectivity index (χ3n) is 2.99. The first-order valence-electron chi connectivity index (χ1n) is 5.69. The number of halogens is 1. The molecule has 3 rings (SSSR count). The van der Waals surface area contributed by atoms with Gasteiger partial charge >= 0.3 is 0 Å². The zero-order chi connectivity index (χ0) is 13.4. The second-order valence-corrected chi connectivity index (χ2v) is 5.43. The van der Waals surface area contributed by atoms with Crippen molar-refractivity contribution in [1.82, 2.24) is 4.37 Å². The second kappa shape index (κ2) is 4.75. The van der Waals surface area contributed by atoms with E-state index in [1.165, 1.54) is 11.5 Å². The van der Waals surface area contributed by atoms with E-state index in [0.29, 0.717) is 5.02 Å². The highest BCUT2D eigenvalue weighted by molar-refractivity contribution is 7.08. The molecular weight excluding hydrogens is 282 g/mol. The average Bonchev–Trinajstić information content (AvgIpc) is 2.88. The number of amides is 1. The lowest BCUT2D eigenvalue weighted by molar-refractivity contribution is -0.116. The van der Waals surface area contributed by atoms with Gasteiger partial charge in [-0.25, -0.2) is 4.37 Å². The van der Waals surface area contributed by atoms with Gasteiger partial charge in [-0.3, -0.25) is 9.79 Å². The molecule has 0 N–H and O–H groups in total. The average molecular weight is 292 g/mol. The SMILES string of the molecule is CN1C(=O)CN=C(c2ccns2)c2cc(Cl)ccc21. The molecule has 0 fully saturated rings. The van der Waals surface area contributed by atoms with E-state index in [9.17, 15) is 4.79 Å². The zero-order valence-corrected chi connectivity index (χ0v) is 11.7. The van der Waals surface area contributed by atoms with Gasteiger partial charge in [0, 0.05) is 23.8 Å². The lowest BCUT2D eigenvalue weighted by Crippen LogP contribution is -2.27. The summed E-state index contributed by atoms with van der Waals surface area (Å²) in [5.74, 6) is -0.0388. The van der Waals surface area contributed by atoms with Crippen LogP contribution in [0.1, 0.15) is 10.4 Å². The number of aliphatic imine (C=N–C) groups is 1. The molecule has 1 aromatic carbocycles. The van der Waals surface area contributed by atoms with Crippen LogP contribution in [0.4, 0.5) is 5.69 Å². The van der Waals surface area contributed by atoms with Crippen LogP contribution in [0.3, 0.4) is 0 Å². The van der Waals surface area contributed by atoms with E-state index in [2.05, 4.69) is 9.37 Å². The number of fused-ring (bicyclic) bond motifs is 1. The molecule has 1 aliphatic rings. The number of carbonyl (C=O) groups excluding carboxylic acids is 1. The number of hydrogen-bond acceptors (Lipinski definition) is 4. The summed E-state index contributed by atoms with van der Waals surface area (Å²) in [6, 6.07) is 7.35. The molecule has 2 heterocycles. The van der Waals surface area contributed by atoms with Crippen LogP contribution < -0.4 is 4.90 Å². The van der Waals surface area contributed by atoms with E-state index >= 15 is 0 Å². The summed E-state index contributed by atoms with van der Waals surface area (Å²) in [5.41, 5.74) is 2.46. The van der Waals surface area contributed by atoms with Crippen LogP contribution in [-0.4, -0.2) is 29.6 Å². The molecule has 0 atom stereocenters. The van der Waals surface area contributed by atoms with Crippen molar-refractivity contribution in [3.63, 3.8) is 0 Å². The monoisotopic (exact) mass is 291 g/mol. The maximum absolute atomic E-state index is 12.0. The number of benzodiazepines with no additional fused rings is 1. The van der Waals surface area contributed by atoms with Crippen molar-refractivity contribution in [2.24, 2.45) is 4.99 Å². The molecule has 4 nitrogen and oxygen atoms in total. The van der Waals surface area contributed by atoms with Gasteiger partial charge in [0.2, 0.25) is 5.91 Å². The number of rotatable bonds is 1. The highest BCUT2D eigenvalue weighted by atomic mass is 35.5. The fraction of sp³-hybridized carbons (Fsp3) is 0.154. The van der Waals surface area contributed by atoms with E-state index in [-0.39, 0.29) is 12.5 Å². The topological polar surface area (TPSA) is 45.6 Å². The number of hydrogen-bond donors (Lipinski definition) is 0. The van der Waals surface area contributed by atoms with Gasteiger partial charge in [-0.05, 0) is 35.8 Å². The smallest absolute Gasteiger partial charge is 0.248 e. The molecule has 0 bridgehead atoms. The van der Waals surface area contributed by atoms with Crippen LogP contribution in [0.25, 0.3) is 0 Å². The Balaban J connectivity index is 2.24. The Hall–Kier alpha value is -1.72. The van der Waals surface area contributed by atoms with Gasteiger partial charge in [0.15, 0.2) is 0 Å². The van der Waals surface area contributed by atoms with Crippen LogP contribution >= 0.6 is 23.1 Å². The number of benzene rings is 1. The quantitative estimate of drug-likeness (QED) is 0.811. The van der Waals surface area contributed by atoms with Crippen LogP contribution in [0.2, 0.25) is 5.02 Å². The first-order chi connectivity index (χ1) is 9.16. The highest BCUT2D eigenvalue weighted by Gasteiger charge is 2.23. The number of nitrogens with zero attached hydrogens (tertiary/aromatic N) is 3. The molecule has 0 aliphatic carbocycles. The molecular formula is C13H10ClN3OS. The first-order valence-corrected chi connectivity index (χ1v) is 6.84. The first kappa shape index (κ1) is 12.3. The summed E-state index contributed by atoms with van der Waals surface area (Å²) >= 11 is 7.43. The number of carbonyl (C=O) groups is 1. The summed E-state index contributed by atoms with van der Waals surface area (Å²) in [7, 11) is 1.75. The molecule has 1 amide bonds. The summed E-state index contributed by atoms with van der Waals surface area (Å²) in [6.07, 6.45) is 1.73. The van der Waals surface area contributed by atoms with Crippen molar-refractivity contribution in [2.75, 3.05) is 18.5 Å². The van der Waals surface area contributed by atoms with Gasteiger partial charge in [-0.2, -0.15) is 0 Å². The van der Waals surface area contributed by atoms with Gasteiger partial charge < -0.3 is 4.90 Å². The third-order valence-corrected chi connectivity index (χ3v) is 3.98. The molecule has 1 aliphatic heterocycles. The van der Waals surface area contributed by atoms with Crippen molar-refractivity contribution in [3.05, 3.63) is 45.9 Å². The maximum atomic E-state index is 12.0. The van der Waals surface area contributed by atoms with Gasteiger partial charge in [-0.15, -0.1) is 0 Å². The fourth-order valence-corrected chi connectivity index (χ4v) is 2.80. The molecule has 0 radical (unpaired) electrons. The molecule has 2 aromatic rings. The minimum atomic E-state index is -0.0388. The molecule has 6 heteroatoms. The van der Waals surface area contributed by atoms with E-state index in [0.717, 1.165) is 21.8 Å². The van der Waals surface area contributed by atoms with Crippen molar-refractivity contribution in [2.45, 2.75) is 0 Å². The minimum absolute atomic E-state index is 0.0388. The zero-order valence-electron chi connectivity index (χ0n) is 10.1. The van der Waals surface area contributed by atoms with Gasteiger partial charge in [0.05, 0.1) is 16.3 Å². The molecule has 96 valence electrons. The Bertz CT molecular complexity index is 667. The predicted molar refractivity (Wildman–Crippen MR) is 77.5 cm³/mol. The molecule has 0 saturated heterocycles. The number of aromatic nitrogens is 1. The summed E-state index contributed by atoms with van der Waals surface area (Å²) in [4.78, 5) is 18.9. The Morgan fingerprint density at radius 2 is 2.21 bits per heavy atom. The van der Waals surface area contributed by atoms with Crippen LogP contribution in [0.5, 0.6) is 0 Å². The Morgan fingerprint density at radius 1 is 1.37 bits per heavy atom. The molecule has 19 heavy (non-hydrogen) atoms. The third kappa shape index (κ3) is 2.15. The van der Waals surface area contributed by atoms with E-state index < -0.39 is 0 Å². The van der Waals surface area contributed by atoms with Crippen molar-refractivity contribution in [1.29, 1.82) is 0 Å². The van der Waals surface area contributed by atoms with E-state index in [1.54, 1.807) is 24.2 Å². The van der Waals surface area contributed by atoms with Gasteiger partial charge in [-0.1, -0.05) is 11.6 Å². The maximum Gasteiger partial charge on any atom is 0.248 e. The lowest BCUT2D eigenvalue weighted by Gasteiger charge is -2.17. The van der Waals surface area contributed by atoms with Gasteiger partial charge in [0.25, 0.3) is 0 Å². The van der Waals surface area contributed by atoms with Crippen LogP contribution in [0.15, 0.2) is 35.5 Å². The predicted octanol–water partition coefficient (Wildman–Crippen LogP) is 2.61. The van der Waals surface area contributed by atoms with Crippen molar-refractivity contribution < 1.29 is 4.79 Å². The molecule has 0 saturated carbocycles. The van der Waals surface area contributed by atoms with E-state index in [4.69, 9.17) is 11.6 Å². The fourth-order valence-electron chi connectivity index (χ4n) is 2.01. The Kier molecular flexibility index (Phi) is 3.08. The lowest BCUT2D eigenvalue weighted by atomic mass is 10.1. The minimum Gasteiger partial charge on any atom is -0.313 e. The van der Waals surface area contributed by atoms with Crippen molar-refractivity contribution in [3.8, 4) is 0 Å². The Morgan fingerprint density at radius 3 is 2.95 bits per heavy atom. The van der Waals surface area contributed by atoms with E-state index in [1.807, 2.05) is 18.2 Å². The second-order valence-electron chi connectivity index (χ2n) is 4.16. The van der Waals surface area contributed by atoms with Crippen LogP contribution in [-0.2, 0) is 4.79 Å². The molecule has 0 unspecified atom stereocenters. The summed E-state index contributed by atoms with van der Waals surface area (Å²) in [5, 5.41) is 0.624. The summed E-state index contributed by atoms with van der Waals surface area (Å²) in [6.45, 7) is 0.135. The highest BCUT2D eigenvalue weighted by Crippen LogP contribution is 2.29. The summed E-state index contributed by atoms with van der Waals surface area (Å²) < 4.78 is 4.09. The Labute approximate surface area is 119 Å². The largest absolute Gasteiger partial charge is 0.313 e. The standard InChI is InChI=1S/C13H10ClN3OS/c1-17-10-3-2-8(14)6-9(10)13(15-7-12(17)18)11-4-5-16-19-11/h2-6H,7H2,1H3. The molecule has 0 spiro atoms. The molecule has 1 aromatic heterocycles. The normalized spacial score (nSPS) is 14.9. The van der Waals surface area contributed by atoms with Gasteiger partial charge in [0.1, 0.15) is 6.54 Å². The van der Waals surface area contributed by atoms with Crippen molar-refractivity contribution >= 4 is 40.4 Å².